The van der Waals surface area contributed by atoms with E-state index in [2.05, 4.69) is 5.32 Å². The lowest BCUT2D eigenvalue weighted by molar-refractivity contribution is -0.136. The number of anilines is 1. The normalized spacial score (nSPS) is 9.50. The highest BCUT2D eigenvalue weighted by atomic mass is 32.2. The molecule has 1 rings (SSSR count). The van der Waals surface area contributed by atoms with Crippen molar-refractivity contribution in [1.29, 1.82) is 5.26 Å². The van der Waals surface area contributed by atoms with Gasteiger partial charge in [-0.15, -0.1) is 0 Å². The summed E-state index contributed by atoms with van der Waals surface area (Å²) in [4.78, 5) is 21.7. The number of rotatable bonds is 6. The van der Waals surface area contributed by atoms with E-state index >= 15 is 0 Å². The van der Waals surface area contributed by atoms with Crippen LogP contribution in [-0.2, 0) is 9.59 Å². The lowest BCUT2D eigenvalue weighted by atomic mass is 10.2. The van der Waals surface area contributed by atoms with E-state index < -0.39 is 5.97 Å². The SMILES string of the molecule is N#Cc1ccc(NC(=O)CSCCC(=O)O)cc1. The predicted molar refractivity (Wildman–Crippen MR) is 69.4 cm³/mol. The van der Waals surface area contributed by atoms with E-state index in [1.165, 1.54) is 11.8 Å². The van der Waals surface area contributed by atoms with Gasteiger partial charge in [-0.05, 0) is 24.3 Å². The lowest BCUT2D eigenvalue weighted by Gasteiger charge is -2.04. The number of hydrogen-bond acceptors (Lipinski definition) is 4. The Bertz CT molecular complexity index is 465. The molecule has 0 unspecified atom stereocenters. The summed E-state index contributed by atoms with van der Waals surface area (Å²) in [5, 5.41) is 19.7. The largest absolute Gasteiger partial charge is 0.481 e. The molecule has 18 heavy (non-hydrogen) atoms. The van der Waals surface area contributed by atoms with Gasteiger partial charge in [0, 0.05) is 11.4 Å². The minimum absolute atomic E-state index is 0.0504. The van der Waals surface area contributed by atoms with Crippen molar-refractivity contribution >= 4 is 29.3 Å². The van der Waals surface area contributed by atoms with Crippen molar-refractivity contribution in [2.45, 2.75) is 6.42 Å². The number of carbonyl (C=O) groups excluding carboxylic acids is 1. The number of carbonyl (C=O) groups is 2. The second kappa shape index (κ2) is 7.35. The number of carboxylic acids is 1. The number of nitrogens with zero attached hydrogens (tertiary/aromatic N) is 1. The Hall–Kier alpha value is -2.00. The third-order valence-electron chi connectivity index (χ3n) is 1.99. The maximum absolute atomic E-state index is 11.5. The van der Waals surface area contributed by atoms with Crippen molar-refractivity contribution in [3.05, 3.63) is 29.8 Å². The van der Waals surface area contributed by atoms with E-state index in [0.717, 1.165) is 0 Å². The average molecular weight is 264 g/mol. The molecule has 0 heterocycles. The van der Waals surface area contributed by atoms with Crippen LogP contribution < -0.4 is 5.32 Å². The first kappa shape index (κ1) is 14.1. The highest BCUT2D eigenvalue weighted by Gasteiger charge is 2.04. The molecule has 0 aromatic heterocycles. The molecule has 0 fully saturated rings. The molecule has 0 aliphatic rings. The quantitative estimate of drug-likeness (QED) is 0.763. The van der Waals surface area contributed by atoms with E-state index in [9.17, 15) is 9.59 Å². The van der Waals surface area contributed by atoms with Crippen LogP contribution in [0.4, 0.5) is 5.69 Å². The number of thioether (sulfide) groups is 1. The molecular formula is C12H12N2O3S. The predicted octanol–water partition coefficient (Wildman–Crippen LogP) is 1.70. The van der Waals surface area contributed by atoms with Gasteiger partial charge in [-0.25, -0.2) is 0 Å². The van der Waals surface area contributed by atoms with Gasteiger partial charge in [0.1, 0.15) is 0 Å². The summed E-state index contributed by atoms with van der Waals surface area (Å²) in [5.41, 5.74) is 1.15. The zero-order valence-corrected chi connectivity index (χ0v) is 10.4. The lowest BCUT2D eigenvalue weighted by Crippen LogP contribution is -2.14. The second-order valence-electron chi connectivity index (χ2n) is 3.43. The first-order valence-electron chi connectivity index (χ1n) is 5.21. The van der Waals surface area contributed by atoms with Gasteiger partial charge in [-0.3, -0.25) is 9.59 Å². The summed E-state index contributed by atoms with van der Waals surface area (Å²) in [7, 11) is 0. The molecular weight excluding hydrogens is 252 g/mol. The fourth-order valence-electron chi connectivity index (χ4n) is 1.15. The minimum atomic E-state index is -0.866. The van der Waals surface area contributed by atoms with Crippen molar-refractivity contribution in [2.24, 2.45) is 0 Å². The number of nitrogens with one attached hydrogen (secondary N) is 1. The average Bonchev–Trinajstić information content (AvgIpc) is 2.35. The van der Waals surface area contributed by atoms with Gasteiger partial charge in [0.05, 0.1) is 23.8 Å². The summed E-state index contributed by atoms with van der Waals surface area (Å²) in [5.74, 6) is -0.422. The van der Waals surface area contributed by atoms with Crippen LogP contribution >= 0.6 is 11.8 Å². The van der Waals surface area contributed by atoms with Crippen molar-refractivity contribution in [2.75, 3.05) is 16.8 Å². The van der Waals surface area contributed by atoms with Gasteiger partial charge in [-0.1, -0.05) is 0 Å². The summed E-state index contributed by atoms with van der Waals surface area (Å²) in [6, 6.07) is 8.53. The molecule has 0 aliphatic heterocycles. The summed E-state index contributed by atoms with van der Waals surface area (Å²) < 4.78 is 0. The van der Waals surface area contributed by atoms with Crippen LogP contribution in [-0.4, -0.2) is 28.5 Å². The second-order valence-corrected chi connectivity index (χ2v) is 4.54. The van der Waals surface area contributed by atoms with E-state index in [1.54, 1.807) is 24.3 Å². The summed E-state index contributed by atoms with van der Waals surface area (Å²) in [6.45, 7) is 0. The molecule has 0 atom stereocenters. The first-order chi connectivity index (χ1) is 8.61. The molecule has 1 amide bonds. The maximum Gasteiger partial charge on any atom is 0.304 e. The number of nitriles is 1. The Morgan fingerprint density at radius 3 is 2.56 bits per heavy atom. The van der Waals surface area contributed by atoms with E-state index in [0.29, 0.717) is 17.0 Å². The molecule has 0 aliphatic carbocycles. The molecule has 0 saturated heterocycles. The van der Waals surface area contributed by atoms with Gasteiger partial charge in [-0.2, -0.15) is 17.0 Å². The summed E-state index contributed by atoms with van der Waals surface area (Å²) >= 11 is 1.27. The fraction of sp³-hybridized carbons (Fsp3) is 0.250. The van der Waals surface area contributed by atoms with Crippen molar-refractivity contribution in [1.82, 2.24) is 0 Å². The Labute approximate surface area is 109 Å². The third-order valence-corrected chi connectivity index (χ3v) is 2.95. The number of carboxylic acid groups (broad SMARTS) is 1. The van der Waals surface area contributed by atoms with Crippen LogP contribution in [0.15, 0.2) is 24.3 Å². The first-order valence-corrected chi connectivity index (χ1v) is 6.37. The van der Waals surface area contributed by atoms with E-state index in [1.807, 2.05) is 6.07 Å². The van der Waals surface area contributed by atoms with Gasteiger partial charge in [0.25, 0.3) is 0 Å². The topological polar surface area (TPSA) is 90.2 Å². The number of amides is 1. The Morgan fingerprint density at radius 1 is 1.33 bits per heavy atom. The van der Waals surface area contributed by atoms with Gasteiger partial charge < -0.3 is 10.4 Å². The van der Waals surface area contributed by atoms with Crippen molar-refractivity contribution < 1.29 is 14.7 Å². The Morgan fingerprint density at radius 2 is 2.00 bits per heavy atom. The maximum atomic E-state index is 11.5. The van der Waals surface area contributed by atoms with Crippen molar-refractivity contribution in [3.8, 4) is 6.07 Å². The standard InChI is InChI=1S/C12H12N2O3S/c13-7-9-1-3-10(4-2-9)14-11(15)8-18-6-5-12(16)17/h1-4H,5-6,8H2,(H,14,15)(H,16,17). The molecule has 0 saturated carbocycles. The van der Waals surface area contributed by atoms with E-state index in [-0.39, 0.29) is 18.1 Å². The molecule has 1 aromatic carbocycles. The molecule has 0 bridgehead atoms. The Kier molecular flexibility index (Phi) is 5.74. The van der Waals surface area contributed by atoms with E-state index in [4.69, 9.17) is 10.4 Å². The zero-order chi connectivity index (χ0) is 13.4. The third kappa shape index (κ3) is 5.37. The molecule has 6 heteroatoms. The Balaban J connectivity index is 2.31. The van der Waals surface area contributed by atoms with Crippen molar-refractivity contribution in [3.63, 3.8) is 0 Å². The van der Waals surface area contributed by atoms with Crippen LogP contribution in [0.3, 0.4) is 0 Å². The number of aliphatic carboxylic acids is 1. The molecule has 2 N–H and O–H groups in total. The van der Waals surface area contributed by atoms with Crippen LogP contribution in [0.5, 0.6) is 0 Å². The van der Waals surface area contributed by atoms with Crippen LogP contribution in [0.1, 0.15) is 12.0 Å². The zero-order valence-electron chi connectivity index (χ0n) is 9.55. The summed E-state index contributed by atoms with van der Waals surface area (Å²) in [6.07, 6.45) is 0.0504. The smallest absolute Gasteiger partial charge is 0.304 e. The number of benzene rings is 1. The van der Waals surface area contributed by atoms with Gasteiger partial charge in [0.15, 0.2) is 0 Å². The minimum Gasteiger partial charge on any atom is -0.481 e. The highest BCUT2D eigenvalue weighted by Crippen LogP contribution is 2.10. The van der Waals surface area contributed by atoms with Crippen LogP contribution in [0, 0.1) is 11.3 Å². The molecule has 1 aromatic rings. The monoisotopic (exact) mass is 264 g/mol. The molecule has 5 nitrogen and oxygen atoms in total. The number of hydrogen-bond donors (Lipinski definition) is 2. The van der Waals surface area contributed by atoms with Crippen LogP contribution in [0.25, 0.3) is 0 Å². The highest BCUT2D eigenvalue weighted by molar-refractivity contribution is 7.99. The van der Waals surface area contributed by atoms with Gasteiger partial charge in [0.2, 0.25) is 5.91 Å². The molecule has 94 valence electrons. The molecule has 0 radical (unpaired) electrons. The van der Waals surface area contributed by atoms with Crippen LogP contribution in [0.2, 0.25) is 0 Å². The van der Waals surface area contributed by atoms with Gasteiger partial charge >= 0.3 is 5.97 Å². The fourth-order valence-corrected chi connectivity index (χ4v) is 1.87. The molecule has 0 spiro atoms.